The van der Waals surface area contributed by atoms with Gasteiger partial charge in [-0.3, -0.25) is 19.7 Å². The lowest BCUT2D eigenvalue weighted by molar-refractivity contribution is -0.384. The van der Waals surface area contributed by atoms with Crippen molar-refractivity contribution in [2.45, 2.75) is 19.3 Å². The van der Waals surface area contributed by atoms with Gasteiger partial charge >= 0.3 is 5.97 Å². The highest BCUT2D eigenvalue weighted by Gasteiger charge is 2.36. The number of esters is 1. The van der Waals surface area contributed by atoms with Gasteiger partial charge < -0.3 is 9.64 Å². The number of benzene rings is 2. The molecule has 2 amide bonds. The van der Waals surface area contributed by atoms with Gasteiger partial charge in [0.2, 0.25) is 0 Å². The van der Waals surface area contributed by atoms with Crippen molar-refractivity contribution in [3.8, 4) is 0 Å². The van der Waals surface area contributed by atoms with E-state index in [-0.39, 0.29) is 22.4 Å². The van der Waals surface area contributed by atoms with Crippen molar-refractivity contribution >= 4 is 29.2 Å². The minimum absolute atomic E-state index is 0.0442. The molecule has 1 saturated heterocycles. The van der Waals surface area contributed by atoms with Crippen LogP contribution >= 0.6 is 0 Å². The molecule has 2 heterocycles. The van der Waals surface area contributed by atoms with E-state index in [2.05, 4.69) is 0 Å². The second-order valence-corrected chi connectivity index (χ2v) is 7.15. The number of hydrogen-bond acceptors (Lipinski definition) is 7. The molecule has 2 aliphatic heterocycles. The van der Waals surface area contributed by atoms with E-state index in [0.29, 0.717) is 5.69 Å². The maximum atomic E-state index is 12.8. The number of amides is 2. The molecule has 154 valence electrons. The van der Waals surface area contributed by atoms with Crippen LogP contribution in [0.1, 0.15) is 50.3 Å². The van der Waals surface area contributed by atoms with E-state index in [0.717, 1.165) is 37.3 Å². The summed E-state index contributed by atoms with van der Waals surface area (Å²) >= 11 is 0. The predicted molar refractivity (Wildman–Crippen MR) is 106 cm³/mol. The summed E-state index contributed by atoms with van der Waals surface area (Å²) in [6, 6.07) is 10.4. The van der Waals surface area contributed by atoms with Crippen molar-refractivity contribution in [1.82, 2.24) is 4.90 Å². The van der Waals surface area contributed by atoms with Gasteiger partial charge in [-0.1, -0.05) is 12.1 Å². The minimum Gasteiger partial charge on any atom is -0.440 e. The van der Waals surface area contributed by atoms with Crippen LogP contribution in [0.4, 0.5) is 11.4 Å². The first-order valence-electron chi connectivity index (χ1n) is 9.63. The number of nitro benzene ring substituents is 1. The van der Waals surface area contributed by atoms with Crippen LogP contribution < -0.4 is 4.90 Å². The zero-order chi connectivity index (χ0) is 21.3. The molecule has 0 bridgehead atoms. The van der Waals surface area contributed by atoms with E-state index < -0.39 is 29.4 Å². The molecule has 9 heteroatoms. The largest absolute Gasteiger partial charge is 0.440 e. The van der Waals surface area contributed by atoms with Gasteiger partial charge in [-0.25, -0.2) is 9.69 Å². The Morgan fingerprint density at radius 3 is 2.23 bits per heavy atom. The van der Waals surface area contributed by atoms with Crippen molar-refractivity contribution in [3.63, 3.8) is 0 Å². The van der Waals surface area contributed by atoms with Gasteiger partial charge in [0.25, 0.3) is 17.5 Å². The molecule has 0 aliphatic carbocycles. The number of ether oxygens (including phenoxy) is 1. The first-order valence-corrected chi connectivity index (χ1v) is 9.63. The van der Waals surface area contributed by atoms with Gasteiger partial charge in [-0.15, -0.1) is 0 Å². The van der Waals surface area contributed by atoms with Crippen LogP contribution in [-0.4, -0.2) is 47.4 Å². The van der Waals surface area contributed by atoms with Crippen molar-refractivity contribution < 1.29 is 24.0 Å². The molecule has 2 aromatic rings. The van der Waals surface area contributed by atoms with Crippen LogP contribution in [0, 0.1) is 10.1 Å². The molecule has 0 atom stereocenters. The molecule has 0 spiro atoms. The lowest BCUT2D eigenvalue weighted by Gasteiger charge is -2.30. The van der Waals surface area contributed by atoms with Crippen LogP contribution in [0.3, 0.4) is 0 Å². The zero-order valence-corrected chi connectivity index (χ0v) is 16.1. The summed E-state index contributed by atoms with van der Waals surface area (Å²) < 4.78 is 5.25. The van der Waals surface area contributed by atoms with E-state index in [1.807, 2.05) is 4.90 Å². The molecule has 0 unspecified atom stereocenters. The molecule has 2 aliphatic rings. The predicted octanol–water partition coefficient (Wildman–Crippen LogP) is 3.00. The Hall–Kier alpha value is -3.75. The van der Waals surface area contributed by atoms with Gasteiger partial charge in [0, 0.05) is 25.2 Å². The highest BCUT2D eigenvalue weighted by atomic mass is 16.6. The Kier molecular flexibility index (Phi) is 5.18. The number of fused-ring (bicyclic) bond motifs is 1. The Morgan fingerprint density at radius 1 is 1.00 bits per heavy atom. The average molecular weight is 409 g/mol. The van der Waals surface area contributed by atoms with E-state index in [9.17, 15) is 24.5 Å². The number of rotatable bonds is 5. The third-order valence-corrected chi connectivity index (χ3v) is 5.31. The number of imide groups is 1. The molecule has 1 fully saturated rings. The molecule has 0 aromatic heterocycles. The topological polar surface area (TPSA) is 110 Å². The van der Waals surface area contributed by atoms with Gasteiger partial charge in [-0.05, 0) is 37.5 Å². The van der Waals surface area contributed by atoms with Crippen LogP contribution in [0.5, 0.6) is 0 Å². The first-order chi connectivity index (χ1) is 14.5. The summed E-state index contributed by atoms with van der Waals surface area (Å²) in [4.78, 5) is 51.1. The SMILES string of the molecule is O=C(OCN1C(=O)c2ccccc2C1=O)c1cc([N+](=O)[O-])ccc1N1CCCCC1. The van der Waals surface area contributed by atoms with Crippen LogP contribution in [0.2, 0.25) is 0 Å². The van der Waals surface area contributed by atoms with Crippen LogP contribution in [0.15, 0.2) is 42.5 Å². The third kappa shape index (κ3) is 3.49. The maximum absolute atomic E-state index is 12.8. The van der Waals surface area contributed by atoms with Gasteiger partial charge in [0.1, 0.15) is 0 Å². The molecular weight excluding hydrogens is 390 g/mol. The fourth-order valence-electron chi connectivity index (χ4n) is 3.77. The smallest absolute Gasteiger partial charge is 0.342 e. The summed E-state index contributed by atoms with van der Waals surface area (Å²) in [6.07, 6.45) is 3.00. The van der Waals surface area contributed by atoms with Crippen molar-refractivity contribution in [1.29, 1.82) is 0 Å². The Labute approximate surface area is 172 Å². The van der Waals surface area contributed by atoms with E-state index in [4.69, 9.17) is 4.74 Å². The van der Waals surface area contributed by atoms with Gasteiger partial charge in [0.15, 0.2) is 6.73 Å². The maximum Gasteiger partial charge on any atom is 0.342 e. The Balaban J connectivity index is 1.55. The summed E-state index contributed by atoms with van der Waals surface area (Å²) in [5, 5.41) is 11.2. The number of carbonyl (C=O) groups is 3. The van der Waals surface area contributed by atoms with Crippen LogP contribution in [-0.2, 0) is 4.74 Å². The van der Waals surface area contributed by atoms with E-state index in [1.165, 1.54) is 24.3 Å². The molecule has 9 nitrogen and oxygen atoms in total. The highest BCUT2D eigenvalue weighted by molar-refractivity contribution is 6.21. The molecular formula is C21H19N3O6. The number of hydrogen-bond donors (Lipinski definition) is 0. The number of carbonyl (C=O) groups excluding carboxylic acids is 3. The monoisotopic (exact) mass is 409 g/mol. The molecule has 4 rings (SSSR count). The second-order valence-electron chi connectivity index (χ2n) is 7.15. The number of nitro groups is 1. The lowest BCUT2D eigenvalue weighted by atomic mass is 10.1. The molecule has 2 aromatic carbocycles. The zero-order valence-electron chi connectivity index (χ0n) is 16.1. The summed E-state index contributed by atoms with van der Waals surface area (Å²) in [5.74, 6) is -1.91. The lowest BCUT2D eigenvalue weighted by Crippen LogP contribution is -2.34. The average Bonchev–Trinajstić information content (AvgIpc) is 3.02. The summed E-state index contributed by atoms with van der Waals surface area (Å²) in [6.45, 7) is 0.903. The molecule has 0 N–H and O–H groups in total. The number of nitrogens with zero attached hydrogens (tertiary/aromatic N) is 3. The number of piperidine rings is 1. The van der Waals surface area contributed by atoms with Crippen molar-refractivity contribution in [2.24, 2.45) is 0 Å². The fraction of sp³-hybridized carbons (Fsp3) is 0.286. The second kappa shape index (κ2) is 7.94. The van der Waals surface area contributed by atoms with E-state index in [1.54, 1.807) is 18.2 Å². The van der Waals surface area contributed by atoms with E-state index >= 15 is 0 Å². The Morgan fingerprint density at radius 2 is 1.63 bits per heavy atom. The standard InChI is InChI=1S/C21H19N3O6/c25-19-15-6-2-3-7-16(15)20(26)23(19)13-30-21(27)17-12-14(24(28)29)8-9-18(17)22-10-4-1-5-11-22/h2-3,6-9,12H,1,4-5,10-11,13H2. The normalized spacial score (nSPS) is 15.9. The highest BCUT2D eigenvalue weighted by Crippen LogP contribution is 2.29. The molecule has 0 saturated carbocycles. The van der Waals surface area contributed by atoms with Gasteiger partial charge in [-0.2, -0.15) is 0 Å². The van der Waals surface area contributed by atoms with Crippen molar-refractivity contribution in [3.05, 3.63) is 69.3 Å². The summed E-state index contributed by atoms with van der Waals surface area (Å²) in [7, 11) is 0. The molecule has 0 radical (unpaired) electrons. The van der Waals surface area contributed by atoms with Gasteiger partial charge in [0.05, 0.1) is 27.3 Å². The first kappa shape index (κ1) is 19.6. The number of anilines is 1. The Bertz CT molecular complexity index is 1010. The summed E-state index contributed by atoms with van der Waals surface area (Å²) in [5.41, 5.74) is 0.865. The fourth-order valence-corrected chi connectivity index (χ4v) is 3.77. The quantitative estimate of drug-likeness (QED) is 0.323. The van der Waals surface area contributed by atoms with Crippen LogP contribution in [0.25, 0.3) is 0 Å². The third-order valence-electron chi connectivity index (χ3n) is 5.31. The molecule has 30 heavy (non-hydrogen) atoms. The minimum atomic E-state index is -0.823. The van der Waals surface area contributed by atoms with Crippen molar-refractivity contribution in [2.75, 3.05) is 24.7 Å². The number of non-ortho nitro benzene ring substituents is 1.